The molecule has 2 N–H and O–H groups in total. The van der Waals surface area contributed by atoms with E-state index in [4.69, 9.17) is 13.9 Å². The summed E-state index contributed by atoms with van der Waals surface area (Å²) in [6, 6.07) is 3.99. The van der Waals surface area contributed by atoms with Crippen molar-refractivity contribution in [1.29, 1.82) is 0 Å². The summed E-state index contributed by atoms with van der Waals surface area (Å²) in [5.41, 5.74) is 1.65. The molecule has 0 spiro atoms. The summed E-state index contributed by atoms with van der Waals surface area (Å²) in [7, 11) is 1.22. The largest absolute Gasteiger partial charge is 0.493 e. The molecule has 1 aromatic rings. The molecule has 0 saturated heterocycles. The number of benzene rings is 1. The van der Waals surface area contributed by atoms with Crippen LogP contribution in [0, 0.1) is 0 Å². The molecule has 0 bridgehead atoms. The molecule has 0 aliphatic heterocycles. The fourth-order valence-electron chi connectivity index (χ4n) is 3.77. The van der Waals surface area contributed by atoms with Gasteiger partial charge in [0.1, 0.15) is 0 Å². The van der Waals surface area contributed by atoms with E-state index in [1.165, 1.54) is 0 Å². The van der Waals surface area contributed by atoms with Crippen LogP contribution >= 0.6 is 0 Å². The molecule has 1 aliphatic carbocycles. The molecule has 0 saturated carbocycles. The third-order valence-electron chi connectivity index (χ3n) is 6.47. The van der Waals surface area contributed by atoms with Crippen molar-refractivity contribution in [3.8, 4) is 11.5 Å². The van der Waals surface area contributed by atoms with Crippen molar-refractivity contribution in [3.63, 3.8) is 0 Å². The average Bonchev–Trinajstić information content (AvgIpc) is 2.89. The topological polar surface area (TPSA) is 68.2 Å². The standard InChI is InChI=1S/C21H36O5Si/c1-20(2,3)27(6,7)26-19-12-15-11-17(24-4)18(25-5)13-16(15)21(19,14-23)9-8-10-22/h11,13,19,22-23H,8-10,12,14H2,1-7H3/t19-,21-/m1/s1. The SMILES string of the molecule is COc1cc2c(cc1OC)[C@](CO)(CCCO)[C@H](O[Si](C)(C)C(C)(C)C)C2. The van der Waals surface area contributed by atoms with E-state index in [0.29, 0.717) is 24.3 Å². The smallest absolute Gasteiger partial charge is 0.192 e. The van der Waals surface area contributed by atoms with Crippen LogP contribution in [0.2, 0.25) is 18.1 Å². The first-order valence-corrected chi connectivity index (χ1v) is 12.6. The van der Waals surface area contributed by atoms with Crippen LogP contribution in [0.4, 0.5) is 0 Å². The van der Waals surface area contributed by atoms with Gasteiger partial charge in [-0.3, -0.25) is 0 Å². The zero-order chi connectivity index (χ0) is 20.5. The summed E-state index contributed by atoms with van der Waals surface area (Å²) in [5, 5.41) is 20.1. The monoisotopic (exact) mass is 396 g/mol. The van der Waals surface area contributed by atoms with Gasteiger partial charge in [0.05, 0.1) is 26.9 Å². The first-order valence-electron chi connectivity index (χ1n) is 9.71. The molecule has 6 heteroatoms. The van der Waals surface area contributed by atoms with Crippen molar-refractivity contribution < 1.29 is 24.1 Å². The molecular weight excluding hydrogens is 360 g/mol. The number of ether oxygens (including phenoxy) is 2. The quantitative estimate of drug-likeness (QED) is 0.657. The van der Waals surface area contributed by atoms with E-state index in [0.717, 1.165) is 17.5 Å². The molecule has 1 aromatic carbocycles. The maximum Gasteiger partial charge on any atom is 0.192 e. The van der Waals surface area contributed by atoms with Crippen molar-refractivity contribution in [2.45, 2.75) is 69.7 Å². The zero-order valence-electron chi connectivity index (χ0n) is 17.9. The Kier molecular flexibility index (Phi) is 6.67. The van der Waals surface area contributed by atoms with Crippen LogP contribution in [-0.4, -0.2) is 52.1 Å². The number of aliphatic hydroxyl groups is 2. The van der Waals surface area contributed by atoms with E-state index in [-0.39, 0.29) is 24.4 Å². The van der Waals surface area contributed by atoms with E-state index in [2.05, 4.69) is 33.9 Å². The molecule has 2 rings (SSSR count). The third-order valence-corrected chi connectivity index (χ3v) is 11.0. The second-order valence-corrected chi connectivity index (χ2v) is 13.8. The highest BCUT2D eigenvalue weighted by atomic mass is 28.4. The van der Waals surface area contributed by atoms with Gasteiger partial charge in [-0.15, -0.1) is 0 Å². The van der Waals surface area contributed by atoms with Crippen molar-refractivity contribution in [2.24, 2.45) is 0 Å². The Balaban J connectivity index is 2.54. The normalized spacial score (nSPS) is 22.6. The molecule has 0 amide bonds. The maximum atomic E-state index is 10.5. The number of hydrogen-bond acceptors (Lipinski definition) is 5. The predicted molar refractivity (Wildman–Crippen MR) is 110 cm³/mol. The van der Waals surface area contributed by atoms with Gasteiger partial charge < -0.3 is 24.1 Å². The Morgan fingerprint density at radius 3 is 2.19 bits per heavy atom. The number of fused-ring (bicyclic) bond motifs is 1. The molecule has 1 aliphatic rings. The third kappa shape index (κ3) is 4.04. The first kappa shape index (κ1) is 22.2. The molecule has 154 valence electrons. The summed E-state index contributed by atoms with van der Waals surface area (Å²) in [6.45, 7) is 11.2. The van der Waals surface area contributed by atoms with Crippen LogP contribution in [0.5, 0.6) is 11.5 Å². The van der Waals surface area contributed by atoms with E-state index < -0.39 is 13.7 Å². The number of aliphatic hydroxyl groups excluding tert-OH is 2. The average molecular weight is 397 g/mol. The fourth-order valence-corrected chi connectivity index (χ4v) is 5.14. The van der Waals surface area contributed by atoms with E-state index >= 15 is 0 Å². The maximum absolute atomic E-state index is 10.5. The second-order valence-electron chi connectivity index (χ2n) is 9.08. The first-order chi connectivity index (χ1) is 12.6. The summed E-state index contributed by atoms with van der Waals surface area (Å²) in [6.07, 6.45) is 1.89. The predicted octanol–water partition coefficient (Wildman–Crippen LogP) is 3.65. The van der Waals surface area contributed by atoms with Crippen LogP contribution in [0.25, 0.3) is 0 Å². The second kappa shape index (κ2) is 8.11. The highest BCUT2D eigenvalue weighted by Crippen LogP contribution is 2.50. The van der Waals surface area contributed by atoms with Gasteiger partial charge in [-0.25, -0.2) is 0 Å². The van der Waals surface area contributed by atoms with Gasteiger partial charge in [0.25, 0.3) is 0 Å². The number of hydrogen-bond donors (Lipinski definition) is 2. The Morgan fingerprint density at radius 2 is 1.70 bits per heavy atom. The summed E-state index contributed by atoms with van der Waals surface area (Å²) in [5.74, 6) is 1.35. The molecule has 0 heterocycles. The van der Waals surface area contributed by atoms with Crippen LogP contribution in [-0.2, 0) is 16.3 Å². The highest BCUT2D eigenvalue weighted by Gasteiger charge is 2.51. The molecule has 2 atom stereocenters. The zero-order valence-corrected chi connectivity index (χ0v) is 18.9. The van der Waals surface area contributed by atoms with Crippen LogP contribution in [0.1, 0.15) is 44.7 Å². The number of methoxy groups -OCH3 is 2. The molecule has 0 radical (unpaired) electrons. The van der Waals surface area contributed by atoms with Crippen LogP contribution in [0.3, 0.4) is 0 Å². The van der Waals surface area contributed by atoms with Gasteiger partial charge in [-0.1, -0.05) is 20.8 Å². The Morgan fingerprint density at radius 1 is 1.11 bits per heavy atom. The van der Waals surface area contributed by atoms with Gasteiger partial charge in [0.2, 0.25) is 0 Å². The van der Waals surface area contributed by atoms with Gasteiger partial charge >= 0.3 is 0 Å². The summed E-state index contributed by atoms with van der Waals surface area (Å²) >= 11 is 0. The Hall–Kier alpha value is -1.08. The van der Waals surface area contributed by atoms with E-state index in [9.17, 15) is 10.2 Å². The summed E-state index contributed by atoms with van der Waals surface area (Å²) in [4.78, 5) is 0. The molecule has 0 aromatic heterocycles. The Labute approximate surface area is 164 Å². The molecule has 0 unspecified atom stereocenters. The van der Waals surface area contributed by atoms with Gasteiger partial charge in [-0.05, 0) is 60.7 Å². The molecular formula is C21H36O5Si. The lowest BCUT2D eigenvalue weighted by molar-refractivity contribution is 0.0490. The molecule has 5 nitrogen and oxygen atoms in total. The van der Waals surface area contributed by atoms with Crippen LogP contribution < -0.4 is 9.47 Å². The van der Waals surface area contributed by atoms with Crippen molar-refractivity contribution >= 4 is 8.32 Å². The van der Waals surface area contributed by atoms with Gasteiger partial charge in [0.15, 0.2) is 19.8 Å². The van der Waals surface area contributed by atoms with E-state index in [1.54, 1.807) is 14.2 Å². The minimum Gasteiger partial charge on any atom is -0.493 e. The lowest BCUT2D eigenvalue weighted by Gasteiger charge is -2.44. The molecule has 27 heavy (non-hydrogen) atoms. The van der Waals surface area contributed by atoms with Crippen molar-refractivity contribution in [3.05, 3.63) is 23.3 Å². The van der Waals surface area contributed by atoms with Crippen molar-refractivity contribution in [2.75, 3.05) is 27.4 Å². The molecule has 0 fully saturated rings. The lowest BCUT2D eigenvalue weighted by atomic mass is 9.77. The van der Waals surface area contributed by atoms with Gasteiger partial charge in [-0.2, -0.15) is 0 Å². The summed E-state index contributed by atoms with van der Waals surface area (Å²) < 4.78 is 17.8. The highest BCUT2D eigenvalue weighted by molar-refractivity contribution is 6.74. The fraction of sp³-hybridized carbons (Fsp3) is 0.714. The Bertz CT molecular complexity index is 653. The lowest BCUT2D eigenvalue weighted by Crippen LogP contribution is -2.51. The van der Waals surface area contributed by atoms with Gasteiger partial charge in [0, 0.05) is 12.0 Å². The van der Waals surface area contributed by atoms with E-state index in [1.807, 2.05) is 12.1 Å². The minimum absolute atomic E-state index is 0.0191. The minimum atomic E-state index is -2.03. The van der Waals surface area contributed by atoms with Crippen LogP contribution in [0.15, 0.2) is 12.1 Å². The number of rotatable bonds is 8. The van der Waals surface area contributed by atoms with Crippen molar-refractivity contribution in [1.82, 2.24) is 0 Å².